The molecule has 2 heteroatoms. The second kappa shape index (κ2) is 7.29. The number of unbranched alkanes of at least 4 members (excludes halogenated alkanes) is 1. The highest BCUT2D eigenvalue weighted by molar-refractivity contribution is 5.47. The van der Waals surface area contributed by atoms with Crippen molar-refractivity contribution in [1.29, 1.82) is 0 Å². The second-order valence-electron chi connectivity index (χ2n) is 4.08. The predicted octanol–water partition coefficient (Wildman–Crippen LogP) is 2.81. The van der Waals surface area contributed by atoms with Crippen LogP contribution in [0.5, 0.6) is 0 Å². The molecule has 0 saturated heterocycles. The van der Waals surface area contributed by atoms with Crippen molar-refractivity contribution in [1.82, 2.24) is 0 Å². The maximum Gasteiger partial charge on any atom is 0.0366 e. The number of anilines is 1. The van der Waals surface area contributed by atoms with E-state index in [0.29, 0.717) is 0 Å². The van der Waals surface area contributed by atoms with Gasteiger partial charge < -0.3 is 10.6 Å². The molecule has 2 nitrogen and oxygen atoms in total. The minimum Gasteiger partial charge on any atom is -0.372 e. The molecule has 0 heterocycles. The van der Waals surface area contributed by atoms with Crippen molar-refractivity contribution < 1.29 is 0 Å². The first-order valence-corrected chi connectivity index (χ1v) is 6.35. The van der Waals surface area contributed by atoms with Crippen molar-refractivity contribution in [2.75, 3.05) is 24.5 Å². The molecule has 0 aliphatic rings. The van der Waals surface area contributed by atoms with Crippen LogP contribution >= 0.6 is 0 Å². The Balaban J connectivity index is 2.53. The van der Waals surface area contributed by atoms with Gasteiger partial charge >= 0.3 is 0 Å². The molecule has 0 aromatic heterocycles. The molecule has 90 valence electrons. The molecular formula is C14H24N2. The van der Waals surface area contributed by atoms with Crippen molar-refractivity contribution in [3.8, 4) is 0 Å². The Labute approximate surface area is 99.5 Å². The van der Waals surface area contributed by atoms with Crippen molar-refractivity contribution in [3.05, 3.63) is 29.8 Å². The van der Waals surface area contributed by atoms with E-state index in [2.05, 4.69) is 43.0 Å². The summed E-state index contributed by atoms with van der Waals surface area (Å²) in [5, 5.41) is 0. The Morgan fingerprint density at radius 1 is 1.00 bits per heavy atom. The Kier molecular flexibility index (Phi) is 5.94. The number of nitrogens with two attached hydrogens (primary N) is 1. The van der Waals surface area contributed by atoms with Crippen molar-refractivity contribution in [3.63, 3.8) is 0 Å². The lowest BCUT2D eigenvalue weighted by molar-refractivity contribution is 0.744. The minimum absolute atomic E-state index is 0.803. The van der Waals surface area contributed by atoms with E-state index < -0.39 is 0 Å². The average molecular weight is 220 g/mol. The maximum atomic E-state index is 5.49. The molecule has 0 aliphatic heterocycles. The molecule has 0 amide bonds. The summed E-state index contributed by atoms with van der Waals surface area (Å²) in [6.07, 6.45) is 3.47. The topological polar surface area (TPSA) is 29.3 Å². The van der Waals surface area contributed by atoms with Crippen molar-refractivity contribution in [2.24, 2.45) is 5.73 Å². The molecule has 1 rings (SSSR count). The summed E-state index contributed by atoms with van der Waals surface area (Å²) in [6.45, 7) is 7.33. The SMILES string of the molecule is CCN(CC)c1ccc(CCCCN)cc1. The quantitative estimate of drug-likeness (QED) is 0.716. The number of hydrogen-bond acceptors (Lipinski definition) is 2. The summed E-state index contributed by atoms with van der Waals surface area (Å²) in [7, 11) is 0. The summed E-state index contributed by atoms with van der Waals surface area (Å²) >= 11 is 0. The summed E-state index contributed by atoms with van der Waals surface area (Å²) < 4.78 is 0. The third kappa shape index (κ3) is 3.86. The molecule has 0 radical (unpaired) electrons. The van der Waals surface area contributed by atoms with Gasteiger partial charge in [0, 0.05) is 18.8 Å². The van der Waals surface area contributed by atoms with Gasteiger partial charge in [-0.2, -0.15) is 0 Å². The fraction of sp³-hybridized carbons (Fsp3) is 0.571. The third-order valence-electron chi connectivity index (χ3n) is 2.98. The van der Waals surface area contributed by atoms with E-state index in [9.17, 15) is 0 Å². The lowest BCUT2D eigenvalue weighted by atomic mass is 10.1. The minimum atomic E-state index is 0.803. The highest BCUT2D eigenvalue weighted by Gasteiger charge is 2.00. The molecule has 2 N–H and O–H groups in total. The zero-order chi connectivity index (χ0) is 11.8. The summed E-state index contributed by atoms with van der Waals surface area (Å²) in [5.74, 6) is 0. The highest BCUT2D eigenvalue weighted by Crippen LogP contribution is 2.15. The summed E-state index contributed by atoms with van der Waals surface area (Å²) in [5.41, 5.74) is 8.23. The fourth-order valence-corrected chi connectivity index (χ4v) is 1.94. The summed E-state index contributed by atoms with van der Waals surface area (Å²) in [6, 6.07) is 8.93. The van der Waals surface area contributed by atoms with Crippen LogP contribution in [0.2, 0.25) is 0 Å². The van der Waals surface area contributed by atoms with Crippen LogP contribution in [-0.4, -0.2) is 19.6 Å². The van der Waals surface area contributed by atoms with Gasteiger partial charge in [0.25, 0.3) is 0 Å². The van der Waals surface area contributed by atoms with E-state index in [0.717, 1.165) is 32.5 Å². The molecule has 0 spiro atoms. The number of hydrogen-bond donors (Lipinski definition) is 1. The molecule has 1 aromatic rings. The molecule has 0 unspecified atom stereocenters. The fourth-order valence-electron chi connectivity index (χ4n) is 1.94. The number of aryl methyl sites for hydroxylation is 1. The van der Waals surface area contributed by atoms with Gasteiger partial charge in [0.2, 0.25) is 0 Å². The highest BCUT2D eigenvalue weighted by atomic mass is 15.1. The molecule has 0 aliphatic carbocycles. The Morgan fingerprint density at radius 3 is 2.12 bits per heavy atom. The van der Waals surface area contributed by atoms with E-state index in [1.807, 2.05) is 0 Å². The van der Waals surface area contributed by atoms with Gasteiger partial charge in [-0.25, -0.2) is 0 Å². The Bertz CT molecular complexity index is 275. The zero-order valence-corrected chi connectivity index (χ0v) is 10.6. The van der Waals surface area contributed by atoms with Gasteiger partial charge in [0.1, 0.15) is 0 Å². The maximum absolute atomic E-state index is 5.49. The van der Waals surface area contributed by atoms with Gasteiger partial charge in [-0.15, -0.1) is 0 Å². The number of rotatable bonds is 7. The predicted molar refractivity (Wildman–Crippen MR) is 72.0 cm³/mol. The van der Waals surface area contributed by atoms with Crippen LogP contribution < -0.4 is 10.6 Å². The normalized spacial score (nSPS) is 10.4. The first-order chi connectivity index (χ1) is 7.81. The van der Waals surface area contributed by atoms with Crippen LogP contribution in [0.1, 0.15) is 32.3 Å². The Hall–Kier alpha value is -1.02. The van der Waals surface area contributed by atoms with Gasteiger partial charge in [0.05, 0.1) is 0 Å². The molecule has 0 bridgehead atoms. The molecular weight excluding hydrogens is 196 g/mol. The largest absolute Gasteiger partial charge is 0.372 e. The lowest BCUT2D eigenvalue weighted by Crippen LogP contribution is -2.21. The smallest absolute Gasteiger partial charge is 0.0366 e. The van der Waals surface area contributed by atoms with Gasteiger partial charge in [-0.05, 0) is 57.4 Å². The van der Waals surface area contributed by atoms with Crippen molar-refractivity contribution >= 4 is 5.69 Å². The molecule has 0 atom stereocenters. The summed E-state index contributed by atoms with van der Waals surface area (Å²) in [4.78, 5) is 2.36. The molecule has 16 heavy (non-hydrogen) atoms. The molecule has 1 aromatic carbocycles. The van der Waals surface area contributed by atoms with Crippen LogP contribution in [0.15, 0.2) is 24.3 Å². The van der Waals surface area contributed by atoms with E-state index in [4.69, 9.17) is 5.73 Å². The second-order valence-corrected chi connectivity index (χ2v) is 4.08. The van der Waals surface area contributed by atoms with E-state index in [-0.39, 0.29) is 0 Å². The first kappa shape index (κ1) is 13.0. The van der Waals surface area contributed by atoms with E-state index in [1.165, 1.54) is 17.7 Å². The van der Waals surface area contributed by atoms with Crippen LogP contribution in [0, 0.1) is 0 Å². The molecule has 0 saturated carbocycles. The van der Waals surface area contributed by atoms with E-state index >= 15 is 0 Å². The van der Waals surface area contributed by atoms with Crippen LogP contribution in [0.4, 0.5) is 5.69 Å². The van der Waals surface area contributed by atoms with Gasteiger partial charge in [-0.3, -0.25) is 0 Å². The van der Waals surface area contributed by atoms with Crippen molar-refractivity contribution in [2.45, 2.75) is 33.1 Å². The number of nitrogens with zero attached hydrogens (tertiary/aromatic N) is 1. The first-order valence-electron chi connectivity index (χ1n) is 6.35. The average Bonchev–Trinajstić information content (AvgIpc) is 2.33. The molecule has 0 fully saturated rings. The van der Waals surface area contributed by atoms with E-state index in [1.54, 1.807) is 0 Å². The van der Waals surface area contributed by atoms with Gasteiger partial charge in [0.15, 0.2) is 0 Å². The monoisotopic (exact) mass is 220 g/mol. The van der Waals surface area contributed by atoms with Crippen LogP contribution in [0.3, 0.4) is 0 Å². The standard InChI is InChI=1S/C14H24N2/c1-3-16(4-2)14-10-8-13(9-11-14)7-5-6-12-15/h8-11H,3-7,12,15H2,1-2H3. The third-order valence-corrected chi connectivity index (χ3v) is 2.98. The van der Waals surface area contributed by atoms with Gasteiger partial charge in [-0.1, -0.05) is 12.1 Å². The Morgan fingerprint density at radius 2 is 1.62 bits per heavy atom. The lowest BCUT2D eigenvalue weighted by Gasteiger charge is -2.21. The number of benzene rings is 1. The van der Waals surface area contributed by atoms with Crippen LogP contribution in [0.25, 0.3) is 0 Å². The van der Waals surface area contributed by atoms with Crippen LogP contribution in [-0.2, 0) is 6.42 Å². The zero-order valence-electron chi connectivity index (χ0n) is 10.6.